The quantitative estimate of drug-likeness (QED) is 0.792. The lowest BCUT2D eigenvalue weighted by molar-refractivity contribution is -0.138. The van der Waals surface area contributed by atoms with Crippen LogP contribution < -0.4 is 5.32 Å². The van der Waals surface area contributed by atoms with Crippen molar-refractivity contribution in [2.45, 2.75) is 70.8 Å². The minimum absolute atomic E-state index is 0.0427. The van der Waals surface area contributed by atoms with E-state index < -0.39 is 0 Å². The third kappa shape index (κ3) is 2.47. The van der Waals surface area contributed by atoms with Gasteiger partial charge in [0.25, 0.3) is 0 Å². The molecule has 0 aromatic carbocycles. The van der Waals surface area contributed by atoms with Crippen molar-refractivity contribution in [2.24, 2.45) is 0 Å². The van der Waals surface area contributed by atoms with E-state index in [1.165, 1.54) is 0 Å². The van der Waals surface area contributed by atoms with Crippen molar-refractivity contribution in [1.29, 1.82) is 0 Å². The van der Waals surface area contributed by atoms with Crippen LogP contribution in [0.1, 0.15) is 46.5 Å². The number of amides is 1. The first-order valence-corrected chi connectivity index (χ1v) is 6.87. The Morgan fingerprint density at radius 1 is 1.41 bits per heavy atom. The largest absolute Gasteiger partial charge is 0.378 e. The summed E-state index contributed by atoms with van der Waals surface area (Å²) in [5.74, 6) is 0.291. The van der Waals surface area contributed by atoms with E-state index in [0.717, 1.165) is 32.3 Å². The van der Waals surface area contributed by atoms with Gasteiger partial charge in [0.1, 0.15) is 0 Å². The second kappa shape index (κ2) is 5.36. The smallest absolute Gasteiger partial charge is 0.241 e. The minimum atomic E-state index is 0.0427. The summed E-state index contributed by atoms with van der Waals surface area (Å²) in [5, 5.41) is 3.39. The third-order valence-electron chi connectivity index (χ3n) is 3.86. The second-order valence-corrected chi connectivity index (χ2v) is 5.13. The van der Waals surface area contributed by atoms with Crippen LogP contribution in [0, 0.1) is 0 Å². The normalized spacial score (nSPS) is 37.4. The molecule has 1 aliphatic heterocycles. The third-order valence-corrected chi connectivity index (χ3v) is 3.86. The van der Waals surface area contributed by atoms with Crippen molar-refractivity contribution in [3.63, 3.8) is 0 Å². The van der Waals surface area contributed by atoms with E-state index in [9.17, 15) is 4.79 Å². The van der Waals surface area contributed by atoms with Gasteiger partial charge in [0.05, 0.1) is 18.3 Å². The summed E-state index contributed by atoms with van der Waals surface area (Å²) in [4.78, 5) is 14.3. The Hall–Kier alpha value is -0.610. The van der Waals surface area contributed by atoms with Gasteiger partial charge in [-0.3, -0.25) is 10.1 Å². The molecule has 2 aliphatic rings. The van der Waals surface area contributed by atoms with Gasteiger partial charge in [0.15, 0.2) is 0 Å². The Labute approximate surface area is 104 Å². The van der Waals surface area contributed by atoms with Crippen LogP contribution in [0.3, 0.4) is 0 Å². The molecule has 4 nitrogen and oxygen atoms in total. The number of ether oxygens (including phenoxy) is 1. The van der Waals surface area contributed by atoms with Crippen molar-refractivity contribution in [3.05, 3.63) is 0 Å². The molecule has 0 spiro atoms. The predicted octanol–water partition coefficient (Wildman–Crippen LogP) is 1.50. The summed E-state index contributed by atoms with van der Waals surface area (Å²) in [6.07, 6.45) is 4.56. The highest BCUT2D eigenvalue weighted by Gasteiger charge is 2.44. The molecule has 17 heavy (non-hydrogen) atoms. The maximum absolute atomic E-state index is 12.2. The first-order valence-electron chi connectivity index (χ1n) is 6.87. The molecule has 2 fully saturated rings. The summed E-state index contributed by atoms with van der Waals surface area (Å²) < 4.78 is 5.55. The highest BCUT2D eigenvalue weighted by Crippen LogP contribution is 2.32. The molecule has 0 aromatic rings. The molecule has 2 rings (SSSR count). The Morgan fingerprint density at radius 2 is 2.12 bits per heavy atom. The summed E-state index contributed by atoms with van der Waals surface area (Å²) in [7, 11) is 0. The SMILES string of the molecule is CCCC1NC(C)N(C2CC(OCC)C2)C1=O. The summed E-state index contributed by atoms with van der Waals surface area (Å²) in [5.41, 5.74) is 0. The number of carbonyl (C=O) groups is 1. The van der Waals surface area contributed by atoms with E-state index in [1.54, 1.807) is 0 Å². The lowest BCUT2D eigenvalue weighted by Gasteiger charge is -2.42. The Kier molecular flexibility index (Phi) is 4.05. The van der Waals surface area contributed by atoms with Gasteiger partial charge in [-0.1, -0.05) is 13.3 Å². The fraction of sp³-hybridized carbons (Fsp3) is 0.923. The van der Waals surface area contributed by atoms with Crippen LogP contribution in [0.15, 0.2) is 0 Å². The van der Waals surface area contributed by atoms with Gasteiger partial charge >= 0.3 is 0 Å². The summed E-state index contributed by atoms with van der Waals surface area (Å²) in [6.45, 7) is 7.01. The maximum Gasteiger partial charge on any atom is 0.241 e. The maximum atomic E-state index is 12.2. The first-order chi connectivity index (χ1) is 8.17. The molecule has 2 atom stereocenters. The van der Waals surface area contributed by atoms with Gasteiger partial charge in [0.2, 0.25) is 5.91 Å². The molecule has 1 aliphatic carbocycles. The van der Waals surface area contributed by atoms with E-state index in [0.29, 0.717) is 18.1 Å². The lowest BCUT2D eigenvalue weighted by Crippen LogP contribution is -2.52. The summed E-state index contributed by atoms with van der Waals surface area (Å²) in [6, 6.07) is 0.435. The molecule has 0 bridgehead atoms. The molecule has 1 saturated heterocycles. The average molecular weight is 240 g/mol. The van der Waals surface area contributed by atoms with E-state index in [1.807, 2.05) is 11.8 Å². The molecule has 1 amide bonds. The number of hydrogen-bond donors (Lipinski definition) is 1. The van der Waals surface area contributed by atoms with Crippen LogP contribution in [0.25, 0.3) is 0 Å². The molecular formula is C13H24N2O2. The van der Waals surface area contributed by atoms with E-state index in [2.05, 4.69) is 19.2 Å². The van der Waals surface area contributed by atoms with Gasteiger partial charge < -0.3 is 9.64 Å². The van der Waals surface area contributed by atoms with Gasteiger partial charge in [-0.15, -0.1) is 0 Å². The molecule has 1 N–H and O–H groups in total. The van der Waals surface area contributed by atoms with Gasteiger partial charge in [-0.2, -0.15) is 0 Å². The molecule has 4 heteroatoms. The zero-order valence-electron chi connectivity index (χ0n) is 11.1. The van der Waals surface area contributed by atoms with Crippen molar-refractivity contribution in [3.8, 4) is 0 Å². The van der Waals surface area contributed by atoms with Crippen LogP contribution in [0.4, 0.5) is 0 Å². The second-order valence-electron chi connectivity index (χ2n) is 5.13. The van der Waals surface area contributed by atoms with Gasteiger partial charge in [-0.25, -0.2) is 0 Å². The number of nitrogens with one attached hydrogen (secondary N) is 1. The van der Waals surface area contributed by atoms with Crippen LogP contribution in [0.2, 0.25) is 0 Å². The standard InChI is InChI=1S/C13H24N2O2/c1-4-6-12-13(16)15(9(3)14-12)10-7-11(8-10)17-5-2/h9-12,14H,4-8H2,1-3H3. The minimum Gasteiger partial charge on any atom is -0.378 e. The highest BCUT2D eigenvalue weighted by molar-refractivity contribution is 5.84. The zero-order valence-corrected chi connectivity index (χ0v) is 11.1. The summed E-state index contributed by atoms with van der Waals surface area (Å²) >= 11 is 0. The molecule has 98 valence electrons. The van der Waals surface area contributed by atoms with Crippen molar-refractivity contribution in [2.75, 3.05) is 6.61 Å². The Balaban J connectivity index is 1.87. The van der Waals surface area contributed by atoms with E-state index >= 15 is 0 Å². The van der Waals surface area contributed by atoms with E-state index in [4.69, 9.17) is 4.74 Å². The van der Waals surface area contributed by atoms with Crippen LogP contribution in [-0.2, 0) is 9.53 Å². The molecule has 2 unspecified atom stereocenters. The monoisotopic (exact) mass is 240 g/mol. The van der Waals surface area contributed by atoms with Gasteiger partial charge in [-0.05, 0) is 33.1 Å². The molecule has 1 saturated carbocycles. The number of hydrogen-bond acceptors (Lipinski definition) is 3. The van der Waals surface area contributed by atoms with Crippen LogP contribution in [-0.4, -0.2) is 41.8 Å². The van der Waals surface area contributed by atoms with Crippen molar-refractivity contribution < 1.29 is 9.53 Å². The lowest BCUT2D eigenvalue weighted by atomic mass is 9.87. The van der Waals surface area contributed by atoms with Crippen molar-refractivity contribution >= 4 is 5.91 Å². The topological polar surface area (TPSA) is 41.6 Å². The Bertz CT molecular complexity index is 277. The van der Waals surface area contributed by atoms with Crippen molar-refractivity contribution in [1.82, 2.24) is 10.2 Å². The van der Waals surface area contributed by atoms with Crippen LogP contribution in [0.5, 0.6) is 0 Å². The number of rotatable bonds is 5. The fourth-order valence-electron chi connectivity index (χ4n) is 2.94. The molecular weight excluding hydrogens is 216 g/mol. The zero-order chi connectivity index (χ0) is 12.4. The molecule has 0 radical (unpaired) electrons. The molecule has 1 heterocycles. The Morgan fingerprint density at radius 3 is 2.71 bits per heavy atom. The average Bonchev–Trinajstić information content (AvgIpc) is 2.50. The first kappa shape index (κ1) is 12.8. The van der Waals surface area contributed by atoms with Crippen LogP contribution >= 0.6 is 0 Å². The fourth-order valence-corrected chi connectivity index (χ4v) is 2.94. The molecule has 0 aromatic heterocycles. The predicted molar refractivity (Wildman–Crippen MR) is 66.6 cm³/mol. The van der Waals surface area contributed by atoms with Gasteiger partial charge in [0, 0.05) is 12.6 Å². The van der Waals surface area contributed by atoms with E-state index in [-0.39, 0.29) is 12.2 Å². The number of carbonyl (C=O) groups excluding carboxylic acids is 1. The highest BCUT2D eigenvalue weighted by atomic mass is 16.5. The number of nitrogens with zero attached hydrogens (tertiary/aromatic N) is 1.